The maximum absolute atomic E-state index is 5.29. The molecule has 0 aliphatic heterocycles. The van der Waals surface area contributed by atoms with Crippen LogP contribution in [0.4, 0.5) is 0 Å². The van der Waals surface area contributed by atoms with Crippen molar-refractivity contribution >= 4 is 5.96 Å². The van der Waals surface area contributed by atoms with Gasteiger partial charge in [0.25, 0.3) is 0 Å². The minimum Gasteiger partial charge on any atom is -0.497 e. The van der Waals surface area contributed by atoms with E-state index in [1.54, 1.807) is 7.11 Å². The maximum Gasteiger partial charge on any atom is 0.191 e. The van der Waals surface area contributed by atoms with Gasteiger partial charge in [0.2, 0.25) is 0 Å². The lowest BCUT2D eigenvalue weighted by atomic mass is 9.85. The Hall–Kier alpha value is -1.71. The van der Waals surface area contributed by atoms with Gasteiger partial charge in [0.05, 0.1) is 13.7 Å². The maximum atomic E-state index is 5.29. The zero-order valence-electron chi connectivity index (χ0n) is 13.3. The third-order valence-corrected chi connectivity index (χ3v) is 3.17. The molecule has 1 rings (SSSR count). The second-order valence-corrected chi connectivity index (χ2v) is 5.34. The molecule has 0 amide bonds. The fourth-order valence-corrected chi connectivity index (χ4v) is 1.92. The number of hydrogen-bond acceptors (Lipinski definition) is 2. The van der Waals surface area contributed by atoms with E-state index in [0.29, 0.717) is 0 Å². The summed E-state index contributed by atoms with van der Waals surface area (Å²) in [6, 6.07) is 8.19. The molecule has 0 aliphatic carbocycles. The third kappa shape index (κ3) is 4.76. The molecule has 112 valence electrons. The largest absolute Gasteiger partial charge is 0.497 e. The van der Waals surface area contributed by atoms with E-state index in [1.165, 1.54) is 5.56 Å². The van der Waals surface area contributed by atoms with Gasteiger partial charge >= 0.3 is 0 Å². The molecule has 0 saturated heterocycles. The van der Waals surface area contributed by atoms with Crippen LogP contribution in [0.3, 0.4) is 0 Å². The van der Waals surface area contributed by atoms with Crippen molar-refractivity contribution in [3.05, 3.63) is 29.8 Å². The standard InChI is InChI=1S/C16H27N3O/c1-6-17-15(18-7-2)19-12-16(3,4)13-9-8-10-14(11-13)20-5/h8-11H,6-7,12H2,1-5H3,(H2,17,18,19). The number of benzene rings is 1. The Kier molecular flexibility index (Phi) is 6.36. The van der Waals surface area contributed by atoms with Gasteiger partial charge in [0, 0.05) is 18.5 Å². The highest BCUT2D eigenvalue weighted by Crippen LogP contribution is 2.26. The highest BCUT2D eigenvalue weighted by molar-refractivity contribution is 5.79. The van der Waals surface area contributed by atoms with Crippen molar-refractivity contribution in [3.8, 4) is 5.75 Å². The van der Waals surface area contributed by atoms with Crippen LogP contribution in [-0.4, -0.2) is 32.7 Å². The summed E-state index contributed by atoms with van der Waals surface area (Å²) in [5, 5.41) is 6.49. The Morgan fingerprint density at radius 2 is 1.85 bits per heavy atom. The Labute approximate surface area is 122 Å². The molecule has 0 aliphatic rings. The summed E-state index contributed by atoms with van der Waals surface area (Å²) in [6.07, 6.45) is 0. The lowest BCUT2D eigenvalue weighted by Gasteiger charge is -2.24. The van der Waals surface area contributed by atoms with Crippen molar-refractivity contribution < 1.29 is 4.74 Å². The smallest absolute Gasteiger partial charge is 0.191 e. The first-order valence-corrected chi connectivity index (χ1v) is 7.20. The van der Waals surface area contributed by atoms with E-state index in [-0.39, 0.29) is 5.41 Å². The topological polar surface area (TPSA) is 45.7 Å². The van der Waals surface area contributed by atoms with E-state index in [1.807, 2.05) is 12.1 Å². The predicted molar refractivity (Wildman–Crippen MR) is 85.7 cm³/mol. The first kappa shape index (κ1) is 16.3. The molecule has 0 fully saturated rings. The minimum absolute atomic E-state index is 0.0371. The average molecular weight is 277 g/mol. The van der Waals surface area contributed by atoms with Crippen molar-refractivity contribution in [2.75, 3.05) is 26.7 Å². The van der Waals surface area contributed by atoms with Crippen LogP contribution in [0, 0.1) is 0 Å². The highest BCUT2D eigenvalue weighted by Gasteiger charge is 2.21. The second-order valence-electron chi connectivity index (χ2n) is 5.34. The number of aliphatic imine (C=N–C) groups is 1. The number of nitrogens with zero attached hydrogens (tertiary/aromatic N) is 1. The summed E-state index contributed by atoms with van der Waals surface area (Å²) in [7, 11) is 1.69. The van der Waals surface area contributed by atoms with Crippen LogP contribution >= 0.6 is 0 Å². The van der Waals surface area contributed by atoms with Crippen LogP contribution in [0.15, 0.2) is 29.3 Å². The van der Waals surface area contributed by atoms with Crippen LogP contribution in [-0.2, 0) is 5.41 Å². The summed E-state index contributed by atoms with van der Waals surface area (Å²) in [5.74, 6) is 1.75. The number of hydrogen-bond donors (Lipinski definition) is 2. The Morgan fingerprint density at radius 1 is 1.20 bits per heavy atom. The number of guanidine groups is 1. The zero-order chi connectivity index (χ0) is 15.0. The third-order valence-electron chi connectivity index (χ3n) is 3.17. The van der Waals surface area contributed by atoms with Crippen molar-refractivity contribution in [1.82, 2.24) is 10.6 Å². The summed E-state index contributed by atoms with van der Waals surface area (Å²) in [5.41, 5.74) is 1.19. The van der Waals surface area contributed by atoms with Crippen molar-refractivity contribution in [1.29, 1.82) is 0 Å². The summed E-state index contributed by atoms with van der Waals surface area (Å²) >= 11 is 0. The fourth-order valence-electron chi connectivity index (χ4n) is 1.92. The summed E-state index contributed by atoms with van der Waals surface area (Å²) in [4.78, 5) is 4.66. The molecule has 1 aromatic rings. The van der Waals surface area contributed by atoms with Gasteiger partial charge in [-0.3, -0.25) is 4.99 Å². The van der Waals surface area contributed by atoms with Gasteiger partial charge in [-0.05, 0) is 31.5 Å². The minimum atomic E-state index is -0.0371. The monoisotopic (exact) mass is 277 g/mol. The molecule has 4 heteroatoms. The van der Waals surface area contributed by atoms with Crippen LogP contribution in [0.1, 0.15) is 33.3 Å². The fraction of sp³-hybridized carbons (Fsp3) is 0.562. The van der Waals surface area contributed by atoms with Gasteiger partial charge in [-0.1, -0.05) is 26.0 Å². The van der Waals surface area contributed by atoms with E-state index < -0.39 is 0 Å². The Morgan fingerprint density at radius 3 is 2.40 bits per heavy atom. The first-order chi connectivity index (χ1) is 9.53. The lowest BCUT2D eigenvalue weighted by molar-refractivity contribution is 0.412. The van der Waals surface area contributed by atoms with Crippen LogP contribution < -0.4 is 15.4 Å². The molecule has 0 spiro atoms. The predicted octanol–water partition coefficient (Wildman–Crippen LogP) is 2.55. The molecule has 0 aromatic heterocycles. The molecular weight excluding hydrogens is 250 g/mol. The number of nitrogens with one attached hydrogen (secondary N) is 2. The van der Waals surface area contributed by atoms with E-state index in [0.717, 1.165) is 31.3 Å². The van der Waals surface area contributed by atoms with E-state index in [9.17, 15) is 0 Å². The normalized spacial score (nSPS) is 10.8. The van der Waals surface area contributed by atoms with Crippen molar-refractivity contribution in [2.24, 2.45) is 4.99 Å². The lowest BCUT2D eigenvalue weighted by Crippen LogP contribution is -2.38. The molecule has 0 unspecified atom stereocenters. The van der Waals surface area contributed by atoms with Crippen LogP contribution in [0.2, 0.25) is 0 Å². The van der Waals surface area contributed by atoms with Gasteiger partial charge in [0.15, 0.2) is 5.96 Å². The van der Waals surface area contributed by atoms with Crippen molar-refractivity contribution in [3.63, 3.8) is 0 Å². The SMILES string of the molecule is CCNC(=NCC(C)(C)c1cccc(OC)c1)NCC. The van der Waals surface area contributed by atoms with Crippen LogP contribution in [0.5, 0.6) is 5.75 Å². The number of methoxy groups -OCH3 is 1. The molecule has 4 nitrogen and oxygen atoms in total. The van der Waals surface area contributed by atoms with E-state index in [4.69, 9.17) is 4.74 Å². The molecule has 0 atom stereocenters. The average Bonchev–Trinajstić information content (AvgIpc) is 2.45. The molecule has 0 bridgehead atoms. The number of rotatable bonds is 6. The zero-order valence-corrected chi connectivity index (χ0v) is 13.3. The molecular formula is C16H27N3O. The van der Waals surface area contributed by atoms with Crippen LogP contribution in [0.25, 0.3) is 0 Å². The Balaban J connectivity index is 2.83. The number of ether oxygens (including phenoxy) is 1. The van der Waals surface area contributed by atoms with Gasteiger partial charge in [-0.25, -0.2) is 0 Å². The highest BCUT2D eigenvalue weighted by atomic mass is 16.5. The molecule has 0 saturated carbocycles. The molecule has 1 aromatic carbocycles. The van der Waals surface area contributed by atoms with Gasteiger partial charge in [-0.2, -0.15) is 0 Å². The Bertz CT molecular complexity index is 433. The first-order valence-electron chi connectivity index (χ1n) is 7.20. The quantitative estimate of drug-likeness (QED) is 0.620. The van der Waals surface area contributed by atoms with E-state index in [2.05, 4.69) is 55.5 Å². The molecule has 2 N–H and O–H groups in total. The summed E-state index contributed by atoms with van der Waals surface area (Å²) < 4.78 is 5.29. The summed E-state index contributed by atoms with van der Waals surface area (Å²) in [6.45, 7) is 11.0. The van der Waals surface area contributed by atoms with E-state index >= 15 is 0 Å². The van der Waals surface area contributed by atoms with Gasteiger partial charge < -0.3 is 15.4 Å². The van der Waals surface area contributed by atoms with Gasteiger partial charge in [0.1, 0.15) is 5.75 Å². The van der Waals surface area contributed by atoms with Gasteiger partial charge in [-0.15, -0.1) is 0 Å². The molecule has 0 radical (unpaired) electrons. The second kappa shape index (κ2) is 7.78. The van der Waals surface area contributed by atoms with Crippen molar-refractivity contribution in [2.45, 2.75) is 33.1 Å². The molecule has 0 heterocycles. The molecule has 20 heavy (non-hydrogen) atoms.